The van der Waals surface area contributed by atoms with Crippen LogP contribution in [0, 0.1) is 11.3 Å². The number of carbonyl (C=O) groups is 1. The van der Waals surface area contributed by atoms with E-state index in [-0.39, 0.29) is 35.3 Å². The van der Waals surface area contributed by atoms with Crippen LogP contribution < -0.4 is 10.6 Å². The summed E-state index contributed by atoms with van der Waals surface area (Å²) < 4.78 is 5.29. The zero-order chi connectivity index (χ0) is 17.0. The van der Waals surface area contributed by atoms with Crippen molar-refractivity contribution in [1.29, 1.82) is 0 Å². The lowest BCUT2D eigenvalue weighted by Crippen LogP contribution is -2.52. The Morgan fingerprint density at radius 2 is 1.96 bits per heavy atom. The lowest BCUT2D eigenvalue weighted by Gasteiger charge is -2.38. The molecule has 0 radical (unpaired) electrons. The number of nitrogens with one attached hydrogen (secondary N) is 2. The topological polar surface area (TPSA) is 66.0 Å². The van der Waals surface area contributed by atoms with E-state index in [0.717, 1.165) is 58.1 Å². The molecule has 1 amide bonds. The highest BCUT2D eigenvalue weighted by Gasteiger charge is 2.34. The maximum absolute atomic E-state index is 12.6. The highest BCUT2D eigenvalue weighted by atomic mass is 127. The Labute approximate surface area is 168 Å². The number of nitrogens with zero attached hydrogens (tertiary/aromatic N) is 2. The second-order valence-electron chi connectivity index (χ2n) is 7.98. The summed E-state index contributed by atoms with van der Waals surface area (Å²) in [6.07, 6.45) is 6.88. The number of likely N-dealkylation sites (tertiary alicyclic amines) is 1. The fourth-order valence-corrected chi connectivity index (χ4v) is 3.92. The molecule has 1 saturated carbocycles. The predicted octanol–water partition coefficient (Wildman–Crippen LogP) is 1.99. The minimum atomic E-state index is 0. The molecule has 1 unspecified atom stereocenters. The van der Waals surface area contributed by atoms with Gasteiger partial charge in [-0.25, -0.2) is 0 Å². The fraction of sp³-hybridized carbons (Fsp3) is 0.889. The zero-order valence-electron chi connectivity index (χ0n) is 15.6. The molecule has 3 aliphatic rings. The molecule has 2 saturated heterocycles. The first-order valence-electron chi connectivity index (χ1n) is 9.43. The van der Waals surface area contributed by atoms with Crippen molar-refractivity contribution < 1.29 is 9.53 Å². The minimum absolute atomic E-state index is 0. The first-order chi connectivity index (χ1) is 11.6. The molecule has 0 bridgehead atoms. The Bertz CT molecular complexity index is 476. The van der Waals surface area contributed by atoms with Crippen LogP contribution in [0.2, 0.25) is 0 Å². The van der Waals surface area contributed by atoms with Crippen LogP contribution in [0.1, 0.15) is 45.4 Å². The van der Waals surface area contributed by atoms with Crippen LogP contribution >= 0.6 is 24.0 Å². The maximum atomic E-state index is 12.6. The van der Waals surface area contributed by atoms with Gasteiger partial charge in [0.15, 0.2) is 5.96 Å². The van der Waals surface area contributed by atoms with Crippen LogP contribution in [-0.2, 0) is 9.53 Å². The van der Waals surface area contributed by atoms with Gasteiger partial charge < -0.3 is 20.3 Å². The highest BCUT2D eigenvalue weighted by molar-refractivity contribution is 14.0. The molecule has 25 heavy (non-hydrogen) atoms. The monoisotopic (exact) mass is 464 g/mol. The van der Waals surface area contributed by atoms with Crippen LogP contribution in [0.25, 0.3) is 0 Å². The molecule has 2 heterocycles. The average Bonchev–Trinajstić information content (AvgIpc) is 3.05. The molecule has 7 heteroatoms. The van der Waals surface area contributed by atoms with Gasteiger partial charge in [-0.3, -0.25) is 9.79 Å². The molecular weight excluding hydrogens is 431 g/mol. The van der Waals surface area contributed by atoms with E-state index in [1.54, 1.807) is 7.05 Å². The molecule has 6 nitrogen and oxygen atoms in total. The van der Waals surface area contributed by atoms with Crippen molar-refractivity contribution in [3.63, 3.8) is 0 Å². The van der Waals surface area contributed by atoms with E-state index in [0.29, 0.717) is 11.9 Å². The summed E-state index contributed by atoms with van der Waals surface area (Å²) in [7, 11) is 1.80. The number of amides is 1. The number of hydrogen-bond donors (Lipinski definition) is 2. The summed E-state index contributed by atoms with van der Waals surface area (Å²) in [6, 6.07) is 0.300. The van der Waals surface area contributed by atoms with E-state index >= 15 is 0 Å². The normalized spacial score (nSPS) is 26.6. The number of ether oxygens (including phenoxy) is 1. The lowest BCUT2D eigenvalue weighted by molar-refractivity contribution is -0.135. The standard InChI is InChI=1S/C18H32N4O2.HI/c1-18(12-24-13-18)11-20-17(19-2)21-15-8-9-22(10-15)16(23)14-6-4-3-5-7-14;/h14-15H,3-13H2,1-2H3,(H2,19,20,21);1H. The Hall–Kier alpha value is -0.570. The summed E-state index contributed by atoms with van der Waals surface area (Å²) in [5, 5.41) is 6.88. The molecule has 0 aromatic carbocycles. The van der Waals surface area contributed by atoms with Crippen molar-refractivity contribution in [3.8, 4) is 0 Å². The van der Waals surface area contributed by atoms with Crippen molar-refractivity contribution >= 4 is 35.8 Å². The molecule has 2 aliphatic heterocycles. The lowest BCUT2D eigenvalue weighted by atomic mass is 9.88. The van der Waals surface area contributed by atoms with Gasteiger partial charge in [-0.2, -0.15) is 0 Å². The molecule has 0 aromatic rings. The second kappa shape index (κ2) is 9.39. The molecule has 2 N–H and O–H groups in total. The van der Waals surface area contributed by atoms with Gasteiger partial charge >= 0.3 is 0 Å². The van der Waals surface area contributed by atoms with Gasteiger partial charge in [0.05, 0.1) is 13.2 Å². The van der Waals surface area contributed by atoms with Crippen LogP contribution in [-0.4, -0.2) is 62.7 Å². The fourth-order valence-electron chi connectivity index (χ4n) is 3.92. The summed E-state index contributed by atoms with van der Waals surface area (Å²) >= 11 is 0. The molecule has 0 spiro atoms. The largest absolute Gasteiger partial charge is 0.380 e. The molecule has 3 rings (SSSR count). The van der Waals surface area contributed by atoms with Gasteiger partial charge in [0, 0.05) is 44.1 Å². The van der Waals surface area contributed by atoms with Crippen molar-refractivity contribution in [2.45, 2.75) is 51.5 Å². The Morgan fingerprint density at radius 3 is 2.56 bits per heavy atom. The van der Waals surface area contributed by atoms with Crippen molar-refractivity contribution in [1.82, 2.24) is 15.5 Å². The first kappa shape index (κ1) is 20.7. The Kier molecular flexibility index (Phi) is 7.79. The number of rotatable bonds is 4. The van der Waals surface area contributed by atoms with Crippen LogP contribution in [0.4, 0.5) is 0 Å². The van der Waals surface area contributed by atoms with E-state index in [9.17, 15) is 4.79 Å². The van der Waals surface area contributed by atoms with Crippen LogP contribution in [0.3, 0.4) is 0 Å². The van der Waals surface area contributed by atoms with E-state index in [1.807, 2.05) is 0 Å². The predicted molar refractivity (Wildman–Crippen MR) is 110 cm³/mol. The second-order valence-corrected chi connectivity index (χ2v) is 7.98. The van der Waals surface area contributed by atoms with Crippen molar-refractivity contribution in [2.24, 2.45) is 16.3 Å². The number of carbonyl (C=O) groups excluding carboxylic acids is 1. The van der Waals surface area contributed by atoms with Gasteiger partial charge in [-0.15, -0.1) is 24.0 Å². The smallest absolute Gasteiger partial charge is 0.225 e. The quantitative estimate of drug-likeness (QED) is 0.380. The van der Waals surface area contributed by atoms with Gasteiger partial charge in [-0.05, 0) is 19.3 Å². The van der Waals surface area contributed by atoms with Crippen LogP contribution in [0.15, 0.2) is 4.99 Å². The minimum Gasteiger partial charge on any atom is -0.380 e. The summed E-state index contributed by atoms with van der Waals surface area (Å²) in [5.41, 5.74) is 0.219. The number of aliphatic imine (C=N–C) groups is 1. The molecule has 1 atom stereocenters. The number of halogens is 1. The third-order valence-electron chi connectivity index (χ3n) is 5.60. The van der Waals surface area contributed by atoms with Crippen LogP contribution in [0.5, 0.6) is 0 Å². The molecule has 144 valence electrons. The first-order valence-corrected chi connectivity index (χ1v) is 9.43. The van der Waals surface area contributed by atoms with Gasteiger partial charge in [0.25, 0.3) is 0 Å². The Morgan fingerprint density at radius 1 is 1.24 bits per heavy atom. The SMILES string of the molecule is CN=C(NCC1(C)COC1)NC1CCN(C(=O)C2CCCCC2)C1.I. The van der Waals surface area contributed by atoms with Gasteiger partial charge in [0.1, 0.15) is 0 Å². The van der Waals surface area contributed by atoms with Gasteiger partial charge in [-0.1, -0.05) is 26.2 Å². The summed E-state index contributed by atoms with van der Waals surface area (Å²) in [4.78, 5) is 19.0. The summed E-state index contributed by atoms with van der Waals surface area (Å²) in [6.45, 7) is 6.38. The molecule has 3 fully saturated rings. The van der Waals surface area contributed by atoms with Crippen molar-refractivity contribution in [3.05, 3.63) is 0 Å². The number of hydrogen-bond acceptors (Lipinski definition) is 3. The Balaban J connectivity index is 0.00000225. The van der Waals surface area contributed by atoms with E-state index in [4.69, 9.17) is 4.74 Å². The molecule has 0 aromatic heterocycles. The van der Waals surface area contributed by atoms with E-state index in [2.05, 4.69) is 27.4 Å². The molecule has 1 aliphatic carbocycles. The van der Waals surface area contributed by atoms with Gasteiger partial charge in [0.2, 0.25) is 5.91 Å². The summed E-state index contributed by atoms with van der Waals surface area (Å²) in [5.74, 6) is 1.48. The highest BCUT2D eigenvalue weighted by Crippen LogP contribution is 2.27. The third-order valence-corrected chi connectivity index (χ3v) is 5.60. The van der Waals surface area contributed by atoms with E-state index in [1.165, 1.54) is 19.3 Å². The third kappa shape index (κ3) is 5.45. The zero-order valence-corrected chi connectivity index (χ0v) is 17.9. The molecular formula is C18H33IN4O2. The van der Waals surface area contributed by atoms with Crippen molar-refractivity contribution in [2.75, 3.05) is 39.9 Å². The maximum Gasteiger partial charge on any atom is 0.225 e. The van der Waals surface area contributed by atoms with E-state index < -0.39 is 0 Å². The average molecular weight is 464 g/mol. The number of guanidine groups is 1.